The molecule has 0 aromatic heterocycles. The molecule has 0 bridgehead atoms. The van der Waals surface area contributed by atoms with Gasteiger partial charge in [-0.15, -0.1) is 0 Å². The highest BCUT2D eigenvalue weighted by atomic mass is 16.5. The van der Waals surface area contributed by atoms with Crippen LogP contribution in [0.15, 0.2) is 84.9 Å². The molecule has 0 saturated heterocycles. The zero-order chi connectivity index (χ0) is 15.9. The highest BCUT2D eigenvalue weighted by molar-refractivity contribution is 5.33. The van der Waals surface area contributed by atoms with Gasteiger partial charge in [-0.1, -0.05) is 60.7 Å². The molecule has 3 aromatic rings. The van der Waals surface area contributed by atoms with Crippen molar-refractivity contribution in [1.29, 1.82) is 0 Å². The van der Waals surface area contributed by atoms with Gasteiger partial charge in [0.15, 0.2) is 0 Å². The van der Waals surface area contributed by atoms with Crippen molar-refractivity contribution in [3.63, 3.8) is 0 Å². The van der Waals surface area contributed by atoms with E-state index >= 15 is 0 Å². The van der Waals surface area contributed by atoms with Crippen LogP contribution in [0.5, 0.6) is 11.5 Å². The van der Waals surface area contributed by atoms with Crippen LogP contribution in [-0.4, -0.2) is 0 Å². The Morgan fingerprint density at radius 2 is 1.30 bits per heavy atom. The molecule has 0 unspecified atom stereocenters. The van der Waals surface area contributed by atoms with Gasteiger partial charge in [0, 0.05) is 12.6 Å². The fraction of sp³-hybridized carbons (Fsp3) is 0.143. The van der Waals surface area contributed by atoms with Gasteiger partial charge in [-0.05, 0) is 42.3 Å². The topological polar surface area (TPSA) is 21.3 Å². The highest BCUT2D eigenvalue weighted by Gasteiger charge is 2.04. The number of hydrogen-bond acceptors (Lipinski definition) is 2. The van der Waals surface area contributed by atoms with E-state index in [1.54, 1.807) is 0 Å². The summed E-state index contributed by atoms with van der Waals surface area (Å²) in [5, 5.41) is 3.54. The van der Waals surface area contributed by atoms with Crippen molar-refractivity contribution < 1.29 is 4.74 Å². The van der Waals surface area contributed by atoms with E-state index in [1.807, 2.05) is 48.5 Å². The lowest BCUT2D eigenvalue weighted by atomic mass is 10.1. The normalized spacial score (nSPS) is 11.9. The van der Waals surface area contributed by atoms with Gasteiger partial charge in [-0.25, -0.2) is 0 Å². The van der Waals surface area contributed by atoms with E-state index in [9.17, 15) is 0 Å². The second-order valence-corrected chi connectivity index (χ2v) is 5.57. The summed E-state index contributed by atoms with van der Waals surface area (Å²) in [6, 6.07) is 28.9. The molecule has 0 fully saturated rings. The first-order valence-electron chi connectivity index (χ1n) is 7.91. The monoisotopic (exact) mass is 303 g/mol. The van der Waals surface area contributed by atoms with Gasteiger partial charge >= 0.3 is 0 Å². The summed E-state index contributed by atoms with van der Waals surface area (Å²) >= 11 is 0. The second kappa shape index (κ2) is 7.61. The second-order valence-electron chi connectivity index (χ2n) is 5.57. The Morgan fingerprint density at radius 1 is 0.739 bits per heavy atom. The van der Waals surface area contributed by atoms with Crippen LogP contribution >= 0.6 is 0 Å². The maximum atomic E-state index is 5.81. The molecule has 0 heterocycles. The van der Waals surface area contributed by atoms with Gasteiger partial charge in [-0.2, -0.15) is 0 Å². The lowest BCUT2D eigenvalue weighted by Gasteiger charge is -2.14. The van der Waals surface area contributed by atoms with Crippen molar-refractivity contribution in [3.05, 3.63) is 96.1 Å². The van der Waals surface area contributed by atoms with Crippen molar-refractivity contribution in [1.82, 2.24) is 5.32 Å². The number of nitrogens with one attached hydrogen (secondary N) is 1. The van der Waals surface area contributed by atoms with E-state index < -0.39 is 0 Å². The van der Waals surface area contributed by atoms with E-state index in [0.29, 0.717) is 6.04 Å². The smallest absolute Gasteiger partial charge is 0.127 e. The molecule has 2 nitrogen and oxygen atoms in total. The molecule has 23 heavy (non-hydrogen) atoms. The fourth-order valence-electron chi connectivity index (χ4n) is 2.43. The SMILES string of the molecule is C[C@H](NCc1ccc(Oc2ccccc2)cc1)c1ccccc1. The van der Waals surface area contributed by atoms with E-state index in [4.69, 9.17) is 4.74 Å². The van der Waals surface area contributed by atoms with E-state index in [1.165, 1.54) is 11.1 Å². The molecule has 1 N–H and O–H groups in total. The number of benzene rings is 3. The van der Waals surface area contributed by atoms with Crippen LogP contribution in [0.4, 0.5) is 0 Å². The molecule has 116 valence electrons. The summed E-state index contributed by atoms with van der Waals surface area (Å²) in [7, 11) is 0. The molecule has 0 aliphatic carbocycles. The molecule has 1 atom stereocenters. The minimum atomic E-state index is 0.330. The van der Waals surface area contributed by atoms with E-state index in [2.05, 4.69) is 48.6 Å². The summed E-state index contributed by atoms with van der Waals surface area (Å²) < 4.78 is 5.81. The molecule has 0 radical (unpaired) electrons. The molecule has 2 heteroatoms. The van der Waals surface area contributed by atoms with Crippen molar-refractivity contribution in [2.24, 2.45) is 0 Å². The Morgan fingerprint density at radius 3 is 1.96 bits per heavy atom. The number of rotatable bonds is 6. The predicted octanol–water partition coefficient (Wildman–Crippen LogP) is 5.33. The quantitative estimate of drug-likeness (QED) is 0.664. The third kappa shape index (κ3) is 4.44. The first-order valence-corrected chi connectivity index (χ1v) is 7.91. The van der Waals surface area contributed by atoms with Crippen LogP contribution < -0.4 is 10.1 Å². The number of ether oxygens (including phenoxy) is 1. The van der Waals surface area contributed by atoms with Gasteiger partial charge in [0.1, 0.15) is 11.5 Å². The Bertz CT molecular complexity index is 708. The van der Waals surface area contributed by atoms with Crippen LogP contribution in [0.2, 0.25) is 0 Å². The third-order valence-electron chi connectivity index (χ3n) is 3.81. The summed E-state index contributed by atoms with van der Waals surface area (Å²) in [5.41, 5.74) is 2.55. The molecule has 0 aliphatic heterocycles. The first-order chi connectivity index (χ1) is 11.3. The molecule has 3 rings (SSSR count). The maximum Gasteiger partial charge on any atom is 0.127 e. The first kappa shape index (κ1) is 15.3. The average Bonchev–Trinajstić information content (AvgIpc) is 2.62. The predicted molar refractivity (Wildman–Crippen MR) is 94.7 cm³/mol. The van der Waals surface area contributed by atoms with Gasteiger partial charge < -0.3 is 10.1 Å². The molecule has 3 aromatic carbocycles. The van der Waals surface area contributed by atoms with E-state index in [0.717, 1.165) is 18.0 Å². The Balaban J connectivity index is 1.55. The summed E-state index contributed by atoms with van der Waals surface area (Å²) in [6.07, 6.45) is 0. The molecular weight excluding hydrogens is 282 g/mol. The molecule has 0 aliphatic rings. The molecule has 0 spiro atoms. The van der Waals surface area contributed by atoms with Crippen LogP contribution in [0.3, 0.4) is 0 Å². The van der Waals surface area contributed by atoms with Crippen LogP contribution in [0.1, 0.15) is 24.1 Å². The summed E-state index contributed by atoms with van der Waals surface area (Å²) in [4.78, 5) is 0. The van der Waals surface area contributed by atoms with Crippen LogP contribution in [0.25, 0.3) is 0 Å². The Labute approximate surface area is 137 Å². The fourth-order valence-corrected chi connectivity index (χ4v) is 2.43. The minimum Gasteiger partial charge on any atom is -0.457 e. The lowest BCUT2D eigenvalue weighted by molar-refractivity contribution is 0.482. The van der Waals surface area contributed by atoms with Crippen molar-refractivity contribution in [3.8, 4) is 11.5 Å². The van der Waals surface area contributed by atoms with Gasteiger partial charge in [0.25, 0.3) is 0 Å². The zero-order valence-electron chi connectivity index (χ0n) is 13.3. The van der Waals surface area contributed by atoms with Crippen molar-refractivity contribution >= 4 is 0 Å². The molecule has 0 amide bonds. The van der Waals surface area contributed by atoms with Gasteiger partial charge in [0.05, 0.1) is 0 Å². The highest BCUT2D eigenvalue weighted by Crippen LogP contribution is 2.21. The third-order valence-corrected chi connectivity index (χ3v) is 3.81. The minimum absolute atomic E-state index is 0.330. The standard InChI is InChI=1S/C21H21NO/c1-17(19-8-4-2-5-9-19)22-16-18-12-14-21(15-13-18)23-20-10-6-3-7-11-20/h2-15,17,22H,16H2,1H3/t17-/m0/s1. The summed E-state index contributed by atoms with van der Waals surface area (Å²) in [5.74, 6) is 1.71. The van der Waals surface area contributed by atoms with Gasteiger partial charge in [-0.3, -0.25) is 0 Å². The number of para-hydroxylation sites is 1. The Hall–Kier alpha value is -2.58. The Kier molecular flexibility index (Phi) is 5.07. The van der Waals surface area contributed by atoms with Crippen LogP contribution in [-0.2, 0) is 6.54 Å². The summed E-state index contributed by atoms with van der Waals surface area (Å²) in [6.45, 7) is 3.02. The zero-order valence-corrected chi connectivity index (χ0v) is 13.3. The number of hydrogen-bond donors (Lipinski definition) is 1. The largest absolute Gasteiger partial charge is 0.457 e. The maximum absolute atomic E-state index is 5.81. The van der Waals surface area contributed by atoms with Crippen molar-refractivity contribution in [2.75, 3.05) is 0 Å². The van der Waals surface area contributed by atoms with Gasteiger partial charge in [0.2, 0.25) is 0 Å². The van der Waals surface area contributed by atoms with Crippen LogP contribution in [0, 0.1) is 0 Å². The molecule has 0 saturated carbocycles. The van der Waals surface area contributed by atoms with E-state index in [-0.39, 0.29) is 0 Å². The lowest BCUT2D eigenvalue weighted by Crippen LogP contribution is -2.17. The molecular formula is C21H21NO. The average molecular weight is 303 g/mol. The van der Waals surface area contributed by atoms with Crippen molar-refractivity contribution in [2.45, 2.75) is 19.5 Å².